The maximum Gasteiger partial charge on any atom is 0.132 e. The maximum atomic E-state index is 5.58. The zero-order chi connectivity index (χ0) is 8.55. The molecule has 2 rings (SSSR count). The van der Waals surface area contributed by atoms with Gasteiger partial charge in [0, 0.05) is 12.7 Å². The summed E-state index contributed by atoms with van der Waals surface area (Å²) < 4.78 is 2.80. The molecule has 2 N–H and O–H groups in total. The first-order valence-corrected chi connectivity index (χ1v) is 4.42. The lowest BCUT2D eigenvalue weighted by molar-refractivity contribution is 1.05. The van der Waals surface area contributed by atoms with E-state index < -0.39 is 0 Å². The van der Waals surface area contributed by atoms with E-state index in [9.17, 15) is 0 Å². The van der Waals surface area contributed by atoms with Crippen LogP contribution in [0.4, 0.5) is 0 Å². The first-order valence-electron chi connectivity index (χ1n) is 3.63. The van der Waals surface area contributed by atoms with Crippen LogP contribution >= 0.6 is 15.9 Å². The van der Waals surface area contributed by atoms with Crippen LogP contribution in [0.3, 0.4) is 0 Å². The normalized spacial score (nSPS) is 10.8. The van der Waals surface area contributed by atoms with Gasteiger partial charge in [0.25, 0.3) is 0 Å². The number of halogens is 1. The Morgan fingerprint density at radius 3 is 3.17 bits per heavy atom. The molecule has 2 aromatic heterocycles. The van der Waals surface area contributed by atoms with Crippen molar-refractivity contribution in [2.24, 2.45) is 5.73 Å². The second-order valence-electron chi connectivity index (χ2n) is 2.53. The topological polar surface area (TPSA) is 43.3 Å². The third-order valence-electron chi connectivity index (χ3n) is 1.82. The Hall–Kier alpha value is -0.870. The molecule has 2 aromatic rings. The number of hydrogen-bond donors (Lipinski definition) is 1. The van der Waals surface area contributed by atoms with Crippen LogP contribution in [0.15, 0.2) is 29.3 Å². The number of pyridine rings is 1. The van der Waals surface area contributed by atoms with Crippen LogP contribution in [0.5, 0.6) is 0 Å². The van der Waals surface area contributed by atoms with Gasteiger partial charge in [-0.05, 0) is 27.6 Å². The molecule has 12 heavy (non-hydrogen) atoms. The molecule has 0 unspecified atom stereocenters. The van der Waals surface area contributed by atoms with Crippen molar-refractivity contribution >= 4 is 21.4 Å². The van der Waals surface area contributed by atoms with E-state index >= 15 is 0 Å². The second-order valence-corrected chi connectivity index (χ2v) is 3.28. The van der Waals surface area contributed by atoms with Crippen LogP contribution in [0.1, 0.15) is 5.56 Å². The number of nitrogens with zero attached hydrogens (tertiary/aromatic N) is 2. The molecule has 0 amide bonds. The van der Waals surface area contributed by atoms with Gasteiger partial charge in [-0.1, -0.05) is 6.07 Å². The summed E-state index contributed by atoms with van der Waals surface area (Å²) in [4.78, 5) is 4.13. The van der Waals surface area contributed by atoms with E-state index in [0.29, 0.717) is 6.54 Å². The van der Waals surface area contributed by atoms with Crippen molar-refractivity contribution < 1.29 is 0 Å². The Kier molecular flexibility index (Phi) is 1.86. The molecule has 0 aliphatic carbocycles. The fourth-order valence-electron chi connectivity index (χ4n) is 1.25. The van der Waals surface area contributed by atoms with Crippen LogP contribution in [-0.2, 0) is 6.54 Å². The summed E-state index contributed by atoms with van der Waals surface area (Å²) in [5, 5.41) is 0. The van der Waals surface area contributed by atoms with Crippen LogP contribution in [0, 0.1) is 0 Å². The third kappa shape index (κ3) is 1.04. The van der Waals surface area contributed by atoms with E-state index in [1.54, 1.807) is 6.33 Å². The lowest BCUT2D eigenvalue weighted by Gasteiger charge is -1.99. The molecule has 4 heteroatoms. The van der Waals surface area contributed by atoms with E-state index in [1.165, 1.54) is 0 Å². The second kappa shape index (κ2) is 2.88. The maximum absolute atomic E-state index is 5.58. The van der Waals surface area contributed by atoms with Crippen LogP contribution in [0.25, 0.3) is 5.52 Å². The van der Waals surface area contributed by atoms with E-state index in [0.717, 1.165) is 15.7 Å². The van der Waals surface area contributed by atoms with Crippen molar-refractivity contribution in [2.45, 2.75) is 6.54 Å². The minimum absolute atomic E-state index is 0.536. The number of nitrogens with two attached hydrogens (primary N) is 1. The Labute approximate surface area is 78.3 Å². The number of hydrogen-bond acceptors (Lipinski definition) is 2. The molecule has 62 valence electrons. The van der Waals surface area contributed by atoms with Crippen molar-refractivity contribution in [2.75, 3.05) is 0 Å². The van der Waals surface area contributed by atoms with Gasteiger partial charge in [-0.3, -0.25) is 0 Å². The minimum Gasteiger partial charge on any atom is -0.326 e. The summed E-state index contributed by atoms with van der Waals surface area (Å²) >= 11 is 3.37. The molecule has 0 aliphatic heterocycles. The van der Waals surface area contributed by atoms with Gasteiger partial charge >= 0.3 is 0 Å². The third-order valence-corrected chi connectivity index (χ3v) is 2.40. The van der Waals surface area contributed by atoms with E-state index in [2.05, 4.69) is 20.9 Å². The number of imidazole rings is 1. The lowest BCUT2D eigenvalue weighted by atomic mass is 10.2. The van der Waals surface area contributed by atoms with Gasteiger partial charge < -0.3 is 10.1 Å². The fraction of sp³-hybridized carbons (Fsp3) is 0.125. The Morgan fingerprint density at radius 2 is 2.42 bits per heavy atom. The minimum atomic E-state index is 0.536. The predicted molar refractivity (Wildman–Crippen MR) is 50.8 cm³/mol. The van der Waals surface area contributed by atoms with Crippen molar-refractivity contribution in [3.63, 3.8) is 0 Å². The zero-order valence-electron chi connectivity index (χ0n) is 6.37. The van der Waals surface area contributed by atoms with Crippen molar-refractivity contribution in [3.8, 4) is 0 Å². The van der Waals surface area contributed by atoms with Crippen molar-refractivity contribution in [1.82, 2.24) is 9.38 Å². The standard InChI is InChI=1S/C8H8BrN3/c9-8-7-6(4-10)2-1-3-12(7)5-11-8/h1-3,5H,4,10H2. The van der Waals surface area contributed by atoms with Gasteiger partial charge in [0.1, 0.15) is 10.9 Å². The molecule has 3 nitrogen and oxygen atoms in total. The van der Waals surface area contributed by atoms with Gasteiger partial charge in [-0.25, -0.2) is 4.98 Å². The summed E-state index contributed by atoms with van der Waals surface area (Å²) in [6.07, 6.45) is 3.71. The summed E-state index contributed by atoms with van der Waals surface area (Å²) in [6, 6.07) is 3.96. The van der Waals surface area contributed by atoms with E-state index in [1.807, 2.05) is 22.7 Å². The Balaban J connectivity index is 2.84. The first-order chi connectivity index (χ1) is 5.83. The van der Waals surface area contributed by atoms with Crippen LogP contribution in [-0.4, -0.2) is 9.38 Å². The molecule has 0 aromatic carbocycles. The molecule has 0 saturated heterocycles. The van der Waals surface area contributed by atoms with Gasteiger partial charge in [-0.2, -0.15) is 0 Å². The van der Waals surface area contributed by atoms with Gasteiger partial charge in [0.15, 0.2) is 0 Å². The Bertz CT molecular complexity index is 408. The summed E-state index contributed by atoms with van der Waals surface area (Å²) in [5.74, 6) is 0. The number of fused-ring (bicyclic) bond motifs is 1. The van der Waals surface area contributed by atoms with Gasteiger partial charge in [0.2, 0.25) is 0 Å². The monoisotopic (exact) mass is 225 g/mol. The molecule has 0 atom stereocenters. The smallest absolute Gasteiger partial charge is 0.132 e. The molecular formula is C8H8BrN3. The van der Waals surface area contributed by atoms with Crippen molar-refractivity contribution in [1.29, 1.82) is 0 Å². The lowest BCUT2D eigenvalue weighted by Crippen LogP contribution is -1.98. The summed E-state index contributed by atoms with van der Waals surface area (Å²) in [7, 11) is 0. The molecule has 0 bridgehead atoms. The highest BCUT2D eigenvalue weighted by atomic mass is 79.9. The molecule has 0 fully saturated rings. The highest BCUT2D eigenvalue weighted by Gasteiger charge is 2.04. The molecule has 0 aliphatic rings. The molecular weight excluding hydrogens is 218 g/mol. The predicted octanol–water partition coefficient (Wildman–Crippen LogP) is 1.56. The zero-order valence-corrected chi connectivity index (χ0v) is 7.95. The number of aromatic nitrogens is 2. The van der Waals surface area contributed by atoms with E-state index in [4.69, 9.17) is 5.73 Å². The summed E-state index contributed by atoms with van der Waals surface area (Å²) in [5.41, 5.74) is 7.74. The highest BCUT2D eigenvalue weighted by Crippen LogP contribution is 2.19. The number of rotatable bonds is 1. The Morgan fingerprint density at radius 1 is 1.58 bits per heavy atom. The molecule has 0 radical (unpaired) electrons. The SMILES string of the molecule is NCc1cccn2cnc(Br)c12. The average Bonchev–Trinajstić information content (AvgIpc) is 2.48. The van der Waals surface area contributed by atoms with Crippen molar-refractivity contribution in [3.05, 3.63) is 34.8 Å². The van der Waals surface area contributed by atoms with E-state index in [-0.39, 0.29) is 0 Å². The first kappa shape index (κ1) is 7.76. The van der Waals surface area contributed by atoms with Crippen LogP contribution < -0.4 is 5.73 Å². The molecule has 0 saturated carbocycles. The quantitative estimate of drug-likeness (QED) is 0.801. The van der Waals surface area contributed by atoms with Gasteiger partial charge in [-0.15, -0.1) is 0 Å². The molecule has 0 spiro atoms. The molecule has 2 heterocycles. The van der Waals surface area contributed by atoms with Gasteiger partial charge in [0.05, 0.1) is 5.52 Å². The largest absolute Gasteiger partial charge is 0.326 e. The highest BCUT2D eigenvalue weighted by molar-refractivity contribution is 9.10. The van der Waals surface area contributed by atoms with Crippen LogP contribution in [0.2, 0.25) is 0 Å². The average molecular weight is 226 g/mol. The fourth-order valence-corrected chi connectivity index (χ4v) is 1.80. The summed E-state index contributed by atoms with van der Waals surface area (Å²) in [6.45, 7) is 0.536.